The third-order valence-corrected chi connectivity index (χ3v) is 4.88. The lowest BCUT2D eigenvalue weighted by molar-refractivity contribution is -0.131. The number of ether oxygens (including phenoxy) is 1. The largest absolute Gasteiger partial charge is 0.410 e. The van der Waals surface area contributed by atoms with Gasteiger partial charge in [-0.2, -0.15) is 0 Å². The Morgan fingerprint density at radius 1 is 1.52 bits per heavy atom. The van der Waals surface area contributed by atoms with Crippen LogP contribution in [0.4, 0.5) is 0 Å². The molecule has 0 saturated carbocycles. The van der Waals surface area contributed by atoms with Gasteiger partial charge in [-0.05, 0) is 24.3 Å². The second kappa shape index (κ2) is 6.56. The summed E-state index contributed by atoms with van der Waals surface area (Å²) in [7, 11) is 0. The average Bonchev–Trinajstić information content (AvgIpc) is 3.23. The van der Waals surface area contributed by atoms with E-state index >= 15 is 0 Å². The van der Waals surface area contributed by atoms with Crippen molar-refractivity contribution >= 4 is 29.0 Å². The number of aromatic nitrogens is 2. The van der Waals surface area contributed by atoms with Crippen LogP contribution in [0.25, 0.3) is 10.8 Å². The van der Waals surface area contributed by atoms with E-state index in [-0.39, 0.29) is 12.0 Å². The first-order chi connectivity index (χ1) is 10.3. The van der Waals surface area contributed by atoms with Crippen LogP contribution in [0, 0.1) is 0 Å². The van der Waals surface area contributed by atoms with Crippen LogP contribution in [0.1, 0.15) is 12.8 Å². The summed E-state index contributed by atoms with van der Waals surface area (Å²) in [6.07, 6.45) is 1.04. The van der Waals surface area contributed by atoms with Gasteiger partial charge in [0, 0.05) is 5.75 Å². The molecular weight excluding hydrogens is 312 g/mol. The molecule has 1 fully saturated rings. The molecule has 9 heteroatoms. The van der Waals surface area contributed by atoms with E-state index in [1.807, 2.05) is 17.5 Å². The van der Waals surface area contributed by atoms with Gasteiger partial charge in [0.05, 0.1) is 11.0 Å². The highest BCUT2D eigenvalue weighted by atomic mass is 32.2. The van der Waals surface area contributed by atoms with Crippen molar-refractivity contribution in [3.63, 3.8) is 0 Å². The number of hydrogen-bond acceptors (Lipinski definition) is 8. The van der Waals surface area contributed by atoms with Crippen molar-refractivity contribution in [2.24, 2.45) is 5.84 Å². The standard InChI is InChI=1S/C12H14N4O3S2/c13-14-10(17)8-4-3-7(18-8)6-21-12-16-15-11(19-12)9-2-1-5-20-9/h1-2,5,7-8H,3-4,6,13H2,(H,14,17). The molecule has 21 heavy (non-hydrogen) atoms. The predicted molar refractivity (Wildman–Crippen MR) is 78.6 cm³/mol. The summed E-state index contributed by atoms with van der Waals surface area (Å²) in [6, 6.07) is 3.87. The summed E-state index contributed by atoms with van der Waals surface area (Å²) < 4.78 is 11.2. The number of thioether (sulfide) groups is 1. The number of nitrogens with one attached hydrogen (secondary N) is 1. The van der Waals surface area contributed by atoms with Crippen LogP contribution in [0.5, 0.6) is 0 Å². The Morgan fingerprint density at radius 2 is 2.43 bits per heavy atom. The number of hydrazine groups is 1. The van der Waals surface area contributed by atoms with Gasteiger partial charge in [-0.15, -0.1) is 21.5 Å². The van der Waals surface area contributed by atoms with E-state index in [1.165, 1.54) is 11.8 Å². The van der Waals surface area contributed by atoms with E-state index in [2.05, 4.69) is 15.6 Å². The van der Waals surface area contributed by atoms with Gasteiger partial charge in [0.2, 0.25) is 0 Å². The normalized spacial score (nSPS) is 21.6. The fourth-order valence-electron chi connectivity index (χ4n) is 2.05. The van der Waals surface area contributed by atoms with Gasteiger partial charge >= 0.3 is 0 Å². The van der Waals surface area contributed by atoms with Crippen molar-refractivity contribution in [2.45, 2.75) is 30.3 Å². The second-order valence-electron chi connectivity index (χ2n) is 4.49. The van der Waals surface area contributed by atoms with Crippen molar-refractivity contribution in [3.8, 4) is 10.8 Å². The van der Waals surface area contributed by atoms with Crippen LogP contribution in [-0.4, -0.2) is 34.1 Å². The molecule has 3 heterocycles. The molecule has 7 nitrogen and oxygen atoms in total. The molecule has 0 aliphatic carbocycles. The summed E-state index contributed by atoms with van der Waals surface area (Å²) in [4.78, 5) is 12.3. The zero-order chi connectivity index (χ0) is 14.7. The molecule has 3 N–H and O–H groups in total. The number of rotatable bonds is 5. The fraction of sp³-hybridized carbons (Fsp3) is 0.417. The predicted octanol–water partition coefficient (Wildman–Crippen LogP) is 1.43. The summed E-state index contributed by atoms with van der Waals surface area (Å²) in [5.74, 6) is 6.01. The Morgan fingerprint density at radius 3 is 3.19 bits per heavy atom. The molecule has 0 spiro atoms. The van der Waals surface area contributed by atoms with Gasteiger partial charge in [-0.1, -0.05) is 17.8 Å². The highest BCUT2D eigenvalue weighted by Gasteiger charge is 2.30. The second-order valence-corrected chi connectivity index (χ2v) is 6.41. The molecule has 3 rings (SSSR count). The molecule has 1 aliphatic rings. The lowest BCUT2D eigenvalue weighted by atomic mass is 10.2. The van der Waals surface area contributed by atoms with E-state index in [9.17, 15) is 4.79 Å². The molecular formula is C12H14N4O3S2. The van der Waals surface area contributed by atoms with Crippen molar-refractivity contribution in [1.82, 2.24) is 15.6 Å². The Labute approximate surface area is 129 Å². The fourth-order valence-corrected chi connectivity index (χ4v) is 3.50. The zero-order valence-corrected chi connectivity index (χ0v) is 12.7. The van der Waals surface area contributed by atoms with Gasteiger partial charge < -0.3 is 9.15 Å². The summed E-state index contributed by atoms with van der Waals surface area (Å²) in [5.41, 5.74) is 2.11. The Balaban J connectivity index is 1.51. The smallest absolute Gasteiger partial charge is 0.276 e. The lowest BCUT2D eigenvalue weighted by Gasteiger charge is -2.10. The minimum atomic E-state index is -0.454. The highest BCUT2D eigenvalue weighted by molar-refractivity contribution is 7.99. The van der Waals surface area contributed by atoms with Crippen LogP contribution in [0.3, 0.4) is 0 Å². The van der Waals surface area contributed by atoms with Crippen LogP contribution < -0.4 is 11.3 Å². The van der Waals surface area contributed by atoms with Crippen LogP contribution in [-0.2, 0) is 9.53 Å². The molecule has 2 unspecified atom stereocenters. The van der Waals surface area contributed by atoms with Crippen molar-refractivity contribution in [3.05, 3.63) is 17.5 Å². The number of carbonyl (C=O) groups excluding carboxylic acids is 1. The first kappa shape index (κ1) is 14.5. The molecule has 1 aliphatic heterocycles. The summed E-state index contributed by atoms with van der Waals surface area (Å²) in [6.45, 7) is 0. The quantitative estimate of drug-likeness (QED) is 0.371. The van der Waals surface area contributed by atoms with Gasteiger partial charge in [0.1, 0.15) is 6.10 Å². The number of carbonyl (C=O) groups is 1. The average molecular weight is 326 g/mol. The maximum atomic E-state index is 11.4. The first-order valence-corrected chi connectivity index (χ1v) is 8.29. The molecule has 1 amide bonds. The Hall–Kier alpha value is -1.42. The van der Waals surface area contributed by atoms with Gasteiger partial charge in [0.25, 0.3) is 17.0 Å². The van der Waals surface area contributed by atoms with E-state index < -0.39 is 6.10 Å². The zero-order valence-electron chi connectivity index (χ0n) is 11.0. The van der Waals surface area contributed by atoms with Crippen molar-refractivity contribution in [2.75, 3.05) is 5.75 Å². The SMILES string of the molecule is NNC(=O)C1CCC(CSc2nnc(-c3cccs3)o2)O1. The molecule has 2 atom stereocenters. The number of thiophene rings is 1. The number of nitrogens with two attached hydrogens (primary N) is 1. The van der Waals surface area contributed by atoms with Crippen LogP contribution in [0.15, 0.2) is 27.2 Å². The lowest BCUT2D eigenvalue weighted by Crippen LogP contribution is -2.39. The number of amides is 1. The summed E-state index contributed by atoms with van der Waals surface area (Å²) >= 11 is 2.99. The van der Waals surface area contributed by atoms with Gasteiger partial charge in [-0.25, -0.2) is 5.84 Å². The van der Waals surface area contributed by atoms with E-state index in [0.29, 0.717) is 23.3 Å². The molecule has 2 aromatic rings. The molecule has 0 radical (unpaired) electrons. The van der Waals surface area contributed by atoms with Crippen molar-refractivity contribution in [1.29, 1.82) is 0 Å². The van der Waals surface area contributed by atoms with Gasteiger partial charge in [0.15, 0.2) is 0 Å². The maximum Gasteiger partial charge on any atom is 0.276 e. The number of nitrogens with zero attached hydrogens (tertiary/aromatic N) is 2. The van der Waals surface area contributed by atoms with Gasteiger partial charge in [-0.3, -0.25) is 10.2 Å². The molecule has 0 aromatic carbocycles. The third kappa shape index (κ3) is 3.43. The van der Waals surface area contributed by atoms with Crippen molar-refractivity contribution < 1.29 is 13.9 Å². The monoisotopic (exact) mass is 326 g/mol. The molecule has 112 valence electrons. The highest BCUT2D eigenvalue weighted by Crippen LogP contribution is 2.29. The van der Waals surface area contributed by atoms with E-state index in [0.717, 1.165) is 11.3 Å². The van der Waals surface area contributed by atoms with Crippen LogP contribution in [0.2, 0.25) is 0 Å². The third-order valence-electron chi connectivity index (χ3n) is 3.07. The minimum Gasteiger partial charge on any atom is -0.410 e. The van der Waals surface area contributed by atoms with E-state index in [1.54, 1.807) is 11.3 Å². The number of hydrogen-bond donors (Lipinski definition) is 2. The molecule has 1 saturated heterocycles. The molecule has 2 aromatic heterocycles. The first-order valence-electron chi connectivity index (χ1n) is 6.42. The molecule has 0 bridgehead atoms. The van der Waals surface area contributed by atoms with E-state index in [4.69, 9.17) is 15.0 Å². The van der Waals surface area contributed by atoms with Crippen LogP contribution >= 0.6 is 23.1 Å². The Kier molecular flexibility index (Phi) is 4.54. The Bertz CT molecular complexity index is 601. The summed E-state index contributed by atoms with van der Waals surface area (Å²) in [5, 5.41) is 10.5. The maximum absolute atomic E-state index is 11.4. The minimum absolute atomic E-state index is 0.00520. The topological polar surface area (TPSA) is 103 Å².